The number of fused-ring (bicyclic) bond motifs is 1. The van der Waals surface area contributed by atoms with Crippen molar-refractivity contribution < 1.29 is 9.53 Å². The fourth-order valence-corrected chi connectivity index (χ4v) is 3.60. The van der Waals surface area contributed by atoms with Crippen molar-refractivity contribution in [2.45, 2.75) is 40.3 Å². The first kappa shape index (κ1) is 20.6. The van der Waals surface area contributed by atoms with Crippen molar-refractivity contribution in [3.8, 4) is 16.9 Å². The van der Waals surface area contributed by atoms with E-state index >= 15 is 0 Å². The van der Waals surface area contributed by atoms with E-state index in [4.69, 9.17) is 4.74 Å². The van der Waals surface area contributed by atoms with Crippen LogP contribution in [-0.4, -0.2) is 26.6 Å². The van der Waals surface area contributed by atoms with E-state index in [1.165, 1.54) is 0 Å². The fourth-order valence-electron chi connectivity index (χ4n) is 3.60. The summed E-state index contributed by atoms with van der Waals surface area (Å²) in [4.78, 5) is 17.4. The van der Waals surface area contributed by atoms with Crippen molar-refractivity contribution in [1.82, 2.24) is 19.9 Å². The Hall–Kier alpha value is -3.67. The van der Waals surface area contributed by atoms with Crippen molar-refractivity contribution in [1.29, 1.82) is 0 Å². The van der Waals surface area contributed by atoms with Gasteiger partial charge in [-0.05, 0) is 51.0 Å². The van der Waals surface area contributed by atoms with Crippen LogP contribution in [0.4, 0.5) is 0 Å². The minimum Gasteiger partial charge on any atom is -0.491 e. The number of benzene rings is 2. The molecule has 31 heavy (non-hydrogen) atoms. The van der Waals surface area contributed by atoms with Gasteiger partial charge in [0.1, 0.15) is 5.75 Å². The Morgan fingerprint density at radius 3 is 2.45 bits per heavy atom. The largest absolute Gasteiger partial charge is 0.491 e. The molecular formula is C25H26N4O2. The van der Waals surface area contributed by atoms with Gasteiger partial charge in [-0.15, -0.1) is 0 Å². The molecular weight excluding hydrogens is 388 g/mol. The predicted molar refractivity (Wildman–Crippen MR) is 121 cm³/mol. The van der Waals surface area contributed by atoms with Gasteiger partial charge >= 0.3 is 0 Å². The van der Waals surface area contributed by atoms with Crippen LogP contribution in [0.25, 0.3) is 16.8 Å². The van der Waals surface area contributed by atoms with Crippen LogP contribution in [0.2, 0.25) is 0 Å². The van der Waals surface area contributed by atoms with Crippen molar-refractivity contribution in [3.05, 3.63) is 83.3 Å². The van der Waals surface area contributed by atoms with Gasteiger partial charge in [0, 0.05) is 18.3 Å². The predicted octanol–water partition coefficient (Wildman–Crippen LogP) is 4.73. The van der Waals surface area contributed by atoms with Gasteiger partial charge in [0.25, 0.3) is 5.91 Å². The second-order valence-corrected chi connectivity index (χ2v) is 7.81. The third-order valence-electron chi connectivity index (χ3n) is 5.11. The standard InChI is InChI=1S/C25H26N4O2/c1-16(2)31-21-12-10-19(11-13-21)14-27-25(30)22-15-26-24-23(20-8-6-5-7-9-20)17(3)28-29(24)18(22)4/h5-13,15-16H,14H2,1-4H3,(H,27,30). The summed E-state index contributed by atoms with van der Waals surface area (Å²) in [5, 5.41) is 7.62. The highest BCUT2D eigenvalue weighted by Crippen LogP contribution is 2.28. The number of amides is 1. The van der Waals surface area contributed by atoms with Crippen LogP contribution < -0.4 is 10.1 Å². The molecule has 0 saturated carbocycles. The molecule has 0 fully saturated rings. The number of rotatable bonds is 6. The summed E-state index contributed by atoms with van der Waals surface area (Å²) in [6.07, 6.45) is 1.76. The number of hydrogen-bond donors (Lipinski definition) is 1. The van der Waals surface area contributed by atoms with Gasteiger partial charge < -0.3 is 10.1 Å². The average molecular weight is 415 g/mol. The van der Waals surface area contributed by atoms with E-state index in [-0.39, 0.29) is 12.0 Å². The Balaban J connectivity index is 1.54. The molecule has 0 aliphatic heterocycles. The number of nitrogens with zero attached hydrogens (tertiary/aromatic N) is 3. The van der Waals surface area contributed by atoms with Gasteiger partial charge in [0.2, 0.25) is 0 Å². The number of hydrogen-bond acceptors (Lipinski definition) is 4. The second-order valence-electron chi connectivity index (χ2n) is 7.81. The van der Waals surface area contributed by atoms with E-state index in [1.807, 2.05) is 82.3 Å². The Morgan fingerprint density at radius 2 is 1.77 bits per heavy atom. The van der Waals surface area contributed by atoms with Crippen molar-refractivity contribution in [3.63, 3.8) is 0 Å². The third-order valence-corrected chi connectivity index (χ3v) is 5.11. The Kier molecular flexibility index (Phi) is 5.71. The molecule has 4 rings (SSSR count). The van der Waals surface area contributed by atoms with E-state index in [0.29, 0.717) is 12.1 Å². The summed E-state index contributed by atoms with van der Waals surface area (Å²) < 4.78 is 7.41. The molecule has 0 saturated heterocycles. The maximum absolute atomic E-state index is 12.8. The minimum atomic E-state index is -0.177. The van der Waals surface area contributed by atoms with E-state index < -0.39 is 0 Å². The van der Waals surface area contributed by atoms with Gasteiger partial charge in [-0.25, -0.2) is 9.50 Å². The molecule has 0 atom stereocenters. The topological polar surface area (TPSA) is 68.5 Å². The minimum absolute atomic E-state index is 0.129. The molecule has 2 heterocycles. The lowest BCUT2D eigenvalue weighted by Crippen LogP contribution is -2.24. The van der Waals surface area contributed by atoms with Gasteiger partial charge in [0.05, 0.1) is 23.1 Å². The molecule has 6 heteroatoms. The van der Waals surface area contributed by atoms with E-state index in [1.54, 1.807) is 10.7 Å². The fraction of sp³-hybridized carbons (Fsp3) is 0.240. The highest BCUT2D eigenvalue weighted by atomic mass is 16.5. The van der Waals surface area contributed by atoms with Crippen LogP contribution in [0.1, 0.15) is 41.2 Å². The number of nitrogens with one attached hydrogen (secondary N) is 1. The number of aromatic nitrogens is 3. The summed E-state index contributed by atoms with van der Waals surface area (Å²) in [6, 6.07) is 17.8. The summed E-state index contributed by atoms with van der Waals surface area (Å²) in [7, 11) is 0. The monoisotopic (exact) mass is 414 g/mol. The zero-order valence-corrected chi connectivity index (χ0v) is 18.2. The SMILES string of the molecule is Cc1nn2c(C)c(C(=O)NCc3ccc(OC(C)C)cc3)cnc2c1-c1ccccc1. The Morgan fingerprint density at radius 1 is 1.06 bits per heavy atom. The molecule has 0 unspecified atom stereocenters. The van der Waals surface area contributed by atoms with E-state index in [2.05, 4.69) is 15.4 Å². The maximum Gasteiger partial charge on any atom is 0.254 e. The quantitative estimate of drug-likeness (QED) is 0.495. The van der Waals surface area contributed by atoms with Crippen LogP contribution >= 0.6 is 0 Å². The first-order valence-electron chi connectivity index (χ1n) is 10.4. The highest BCUT2D eigenvalue weighted by Gasteiger charge is 2.18. The van der Waals surface area contributed by atoms with Crippen LogP contribution in [0, 0.1) is 13.8 Å². The number of aryl methyl sites for hydroxylation is 2. The normalized spacial score (nSPS) is 11.1. The average Bonchev–Trinajstić information content (AvgIpc) is 3.10. The molecule has 0 bridgehead atoms. The Labute approximate surface area is 181 Å². The zero-order valence-electron chi connectivity index (χ0n) is 18.2. The van der Waals surface area contributed by atoms with Crippen LogP contribution in [0.3, 0.4) is 0 Å². The molecule has 6 nitrogen and oxygen atoms in total. The van der Waals surface area contributed by atoms with Crippen LogP contribution in [0.15, 0.2) is 60.8 Å². The van der Waals surface area contributed by atoms with E-state index in [9.17, 15) is 4.79 Å². The van der Waals surface area contributed by atoms with Crippen molar-refractivity contribution in [2.24, 2.45) is 0 Å². The molecule has 158 valence electrons. The maximum atomic E-state index is 12.8. The first-order valence-corrected chi connectivity index (χ1v) is 10.4. The molecule has 2 aromatic heterocycles. The summed E-state index contributed by atoms with van der Waals surface area (Å²) in [5.74, 6) is 0.641. The molecule has 0 aliphatic carbocycles. The molecule has 0 radical (unpaired) electrons. The summed E-state index contributed by atoms with van der Waals surface area (Å²) in [6.45, 7) is 8.26. The van der Waals surface area contributed by atoms with Crippen LogP contribution in [0.5, 0.6) is 5.75 Å². The lowest BCUT2D eigenvalue weighted by molar-refractivity contribution is 0.0949. The van der Waals surface area contributed by atoms with Crippen LogP contribution in [-0.2, 0) is 6.54 Å². The smallest absolute Gasteiger partial charge is 0.254 e. The van der Waals surface area contributed by atoms with Gasteiger partial charge in [-0.3, -0.25) is 4.79 Å². The summed E-state index contributed by atoms with van der Waals surface area (Å²) in [5.41, 5.74) is 5.94. The van der Waals surface area contributed by atoms with Gasteiger partial charge in [-0.2, -0.15) is 5.10 Å². The highest BCUT2D eigenvalue weighted by molar-refractivity contribution is 5.95. The lowest BCUT2D eigenvalue weighted by Gasteiger charge is -2.11. The van der Waals surface area contributed by atoms with Gasteiger partial charge in [0.15, 0.2) is 5.65 Å². The number of carbonyl (C=O) groups is 1. The number of carbonyl (C=O) groups excluding carboxylic acids is 1. The number of ether oxygens (including phenoxy) is 1. The van der Waals surface area contributed by atoms with Crippen molar-refractivity contribution >= 4 is 11.6 Å². The summed E-state index contributed by atoms with van der Waals surface area (Å²) >= 11 is 0. The molecule has 1 N–H and O–H groups in total. The molecule has 2 aromatic carbocycles. The molecule has 0 aliphatic rings. The third kappa shape index (κ3) is 4.28. The molecule has 4 aromatic rings. The van der Waals surface area contributed by atoms with E-state index in [0.717, 1.165) is 39.5 Å². The molecule has 1 amide bonds. The van der Waals surface area contributed by atoms with Crippen molar-refractivity contribution in [2.75, 3.05) is 0 Å². The zero-order chi connectivity index (χ0) is 22.0. The second kappa shape index (κ2) is 8.60. The first-order chi connectivity index (χ1) is 14.9. The van der Waals surface area contributed by atoms with Gasteiger partial charge in [-0.1, -0.05) is 42.5 Å². The Bertz CT molecular complexity index is 1210. The molecule has 0 spiro atoms. The lowest BCUT2D eigenvalue weighted by atomic mass is 10.1.